The van der Waals surface area contributed by atoms with Gasteiger partial charge in [-0.25, -0.2) is 0 Å². The van der Waals surface area contributed by atoms with Crippen LogP contribution in [0, 0.1) is 0 Å². The number of likely N-dealkylation sites (tertiary alicyclic amines) is 1. The van der Waals surface area contributed by atoms with E-state index in [1.165, 1.54) is 19.4 Å². The van der Waals surface area contributed by atoms with E-state index in [-0.39, 0.29) is 0 Å². The van der Waals surface area contributed by atoms with Crippen LogP contribution >= 0.6 is 12.2 Å². The summed E-state index contributed by atoms with van der Waals surface area (Å²) in [6, 6.07) is 0.659. The fourth-order valence-corrected chi connectivity index (χ4v) is 2.49. The van der Waals surface area contributed by atoms with Crippen LogP contribution in [-0.2, 0) is 4.74 Å². The van der Waals surface area contributed by atoms with Crippen molar-refractivity contribution in [1.82, 2.24) is 15.1 Å². The second-order valence-corrected chi connectivity index (χ2v) is 4.92. The van der Waals surface area contributed by atoms with E-state index in [0.717, 1.165) is 24.7 Å². The fourth-order valence-electron chi connectivity index (χ4n) is 2.31. The van der Waals surface area contributed by atoms with Crippen LogP contribution in [0.3, 0.4) is 0 Å². The van der Waals surface area contributed by atoms with Crippen molar-refractivity contribution in [3.8, 4) is 0 Å². The smallest absolute Gasteiger partial charge is 0.168 e. The van der Waals surface area contributed by atoms with Crippen LogP contribution in [0.4, 0.5) is 0 Å². The lowest BCUT2D eigenvalue weighted by atomic mass is 10.2. The Morgan fingerprint density at radius 2 is 2.35 bits per heavy atom. The van der Waals surface area contributed by atoms with Gasteiger partial charge < -0.3 is 15.0 Å². The van der Waals surface area contributed by atoms with Gasteiger partial charge in [-0.15, -0.1) is 0 Å². The van der Waals surface area contributed by atoms with Gasteiger partial charge in [0.05, 0.1) is 6.61 Å². The SMILES string of the molecule is CCN1CCCC1CN(C)C(=S)NCCOC. The highest BCUT2D eigenvalue weighted by molar-refractivity contribution is 7.80. The standard InChI is InChI=1S/C12H25N3OS/c1-4-15-8-5-6-11(15)10-14(2)12(17)13-7-9-16-3/h11H,4-10H2,1-3H3,(H,13,17). The van der Waals surface area contributed by atoms with Crippen molar-refractivity contribution in [2.45, 2.75) is 25.8 Å². The summed E-state index contributed by atoms with van der Waals surface area (Å²) in [6.07, 6.45) is 2.61. The van der Waals surface area contributed by atoms with Crippen molar-refractivity contribution in [3.63, 3.8) is 0 Å². The van der Waals surface area contributed by atoms with Gasteiger partial charge in [0.1, 0.15) is 0 Å². The van der Waals surface area contributed by atoms with Gasteiger partial charge in [-0.3, -0.25) is 4.90 Å². The van der Waals surface area contributed by atoms with Crippen LogP contribution in [0.25, 0.3) is 0 Å². The summed E-state index contributed by atoms with van der Waals surface area (Å²) in [5, 5.41) is 4.03. The highest BCUT2D eigenvalue weighted by Gasteiger charge is 2.24. The molecule has 0 spiro atoms. The van der Waals surface area contributed by atoms with Crippen molar-refractivity contribution in [1.29, 1.82) is 0 Å². The molecule has 1 fully saturated rings. The van der Waals surface area contributed by atoms with Gasteiger partial charge in [0.15, 0.2) is 5.11 Å². The lowest BCUT2D eigenvalue weighted by Crippen LogP contribution is -2.45. The van der Waals surface area contributed by atoms with E-state index in [2.05, 4.69) is 29.1 Å². The van der Waals surface area contributed by atoms with Gasteiger partial charge >= 0.3 is 0 Å². The van der Waals surface area contributed by atoms with Crippen LogP contribution in [0.1, 0.15) is 19.8 Å². The molecule has 0 amide bonds. The number of nitrogens with one attached hydrogen (secondary N) is 1. The quantitative estimate of drug-likeness (QED) is 0.566. The maximum atomic E-state index is 5.34. The van der Waals surface area contributed by atoms with Crippen LogP contribution in [-0.4, -0.2) is 67.9 Å². The molecule has 0 aliphatic carbocycles. The van der Waals surface area contributed by atoms with E-state index in [4.69, 9.17) is 17.0 Å². The van der Waals surface area contributed by atoms with Gasteiger partial charge in [-0.1, -0.05) is 6.92 Å². The number of thiocarbonyl (C=S) groups is 1. The molecular formula is C12H25N3OS. The third kappa shape index (κ3) is 4.77. The molecule has 5 heteroatoms. The molecule has 4 nitrogen and oxygen atoms in total. The van der Waals surface area contributed by atoms with Crippen LogP contribution in [0.15, 0.2) is 0 Å². The zero-order chi connectivity index (χ0) is 12.7. The number of nitrogens with zero attached hydrogens (tertiary/aromatic N) is 2. The minimum Gasteiger partial charge on any atom is -0.383 e. The average Bonchev–Trinajstić information content (AvgIpc) is 2.76. The summed E-state index contributed by atoms with van der Waals surface area (Å²) in [5.41, 5.74) is 0. The molecule has 1 atom stereocenters. The van der Waals surface area contributed by atoms with Crippen molar-refractivity contribution in [2.24, 2.45) is 0 Å². The van der Waals surface area contributed by atoms with Crippen LogP contribution in [0.2, 0.25) is 0 Å². The topological polar surface area (TPSA) is 27.7 Å². The minimum atomic E-state index is 0.659. The molecule has 1 N–H and O–H groups in total. The van der Waals surface area contributed by atoms with Gasteiger partial charge in [0.25, 0.3) is 0 Å². The van der Waals surface area contributed by atoms with Crippen molar-refractivity contribution in [2.75, 3.05) is 46.9 Å². The van der Waals surface area contributed by atoms with E-state index < -0.39 is 0 Å². The normalized spacial score (nSPS) is 20.5. The number of ether oxygens (including phenoxy) is 1. The third-order valence-electron chi connectivity index (χ3n) is 3.32. The average molecular weight is 259 g/mol. The minimum absolute atomic E-state index is 0.659. The summed E-state index contributed by atoms with van der Waals surface area (Å²) < 4.78 is 4.99. The summed E-state index contributed by atoms with van der Waals surface area (Å²) in [5.74, 6) is 0. The second-order valence-electron chi connectivity index (χ2n) is 4.53. The summed E-state index contributed by atoms with van der Waals surface area (Å²) >= 11 is 5.34. The predicted molar refractivity (Wildman–Crippen MR) is 75.4 cm³/mol. The van der Waals surface area contributed by atoms with Gasteiger partial charge in [0.2, 0.25) is 0 Å². The zero-order valence-electron chi connectivity index (χ0n) is 11.2. The lowest BCUT2D eigenvalue weighted by Gasteiger charge is -2.29. The first-order valence-electron chi connectivity index (χ1n) is 6.41. The summed E-state index contributed by atoms with van der Waals surface area (Å²) in [7, 11) is 3.76. The summed E-state index contributed by atoms with van der Waals surface area (Å²) in [6.45, 7) is 7.10. The Bertz CT molecular complexity index is 238. The predicted octanol–water partition coefficient (Wildman–Crippen LogP) is 0.923. The Morgan fingerprint density at radius 1 is 1.59 bits per heavy atom. The highest BCUT2D eigenvalue weighted by Crippen LogP contribution is 2.17. The molecule has 1 unspecified atom stereocenters. The molecule has 1 aliphatic heterocycles. The number of rotatable bonds is 6. The second kappa shape index (κ2) is 7.84. The molecule has 0 aromatic carbocycles. The first-order chi connectivity index (χ1) is 8.19. The summed E-state index contributed by atoms with van der Waals surface area (Å²) in [4.78, 5) is 4.68. The lowest BCUT2D eigenvalue weighted by molar-refractivity contribution is 0.202. The molecule has 0 aromatic heterocycles. The molecule has 1 aliphatic rings. The van der Waals surface area contributed by atoms with Crippen molar-refractivity contribution >= 4 is 17.3 Å². The van der Waals surface area contributed by atoms with Gasteiger partial charge in [-0.05, 0) is 38.1 Å². The highest BCUT2D eigenvalue weighted by atomic mass is 32.1. The third-order valence-corrected chi connectivity index (χ3v) is 3.77. The van der Waals surface area contributed by atoms with E-state index in [0.29, 0.717) is 12.6 Å². The molecule has 0 aromatic rings. The van der Waals surface area contributed by atoms with E-state index in [9.17, 15) is 0 Å². The Labute approximate surface area is 110 Å². The van der Waals surface area contributed by atoms with Crippen molar-refractivity contribution in [3.05, 3.63) is 0 Å². The Balaban J connectivity index is 2.27. The molecule has 0 radical (unpaired) electrons. The monoisotopic (exact) mass is 259 g/mol. The van der Waals surface area contributed by atoms with E-state index >= 15 is 0 Å². The Hall–Kier alpha value is -0.390. The van der Waals surface area contributed by atoms with Crippen LogP contribution < -0.4 is 5.32 Å². The zero-order valence-corrected chi connectivity index (χ0v) is 12.1. The van der Waals surface area contributed by atoms with Crippen LogP contribution in [0.5, 0.6) is 0 Å². The first-order valence-corrected chi connectivity index (χ1v) is 6.81. The Morgan fingerprint density at radius 3 is 3.00 bits per heavy atom. The maximum absolute atomic E-state index is 5.34. The molecule has 17 heavy (non-hydrogen) atoms. The maximum Gasteiger partial charge on any atom is 0.168 e. The molecule has 1 rings (SSSR count). The molecular weight excluding hydrogens is 234 g/mol. The first kappa shape index (κ1) is 14.7. The molecule has 1 heterocycles. The largest absolute Gasteiger partial charge is 0.383 e. The van der Waals surface area contributed by atoms with E-state index in [1.807, 2.05) is 0 Å². The van der Waals surface area contributed by atoms with E-state index in [1.54, 1.807) is 7.11 Å². The number of hydrogen-bond acceptors (Lipinski definition) is 3. The van der Waals surface area contributed by atoms with Gasteiger partial charge in [0, 0.05) is 33.3 Å². The van der Waals surface area contributed by atoms with Crippen molar-refractivity contribution < 1.29 is 4.74 Å². The number of methoxy groups -OCH3 is 1. The molecule has 0 saturated carbocycles. The molecule has 0 bridgehead atoms. The molecule has 1 saturated heterocycles. The van der Waals surface area contributed by atoms with Gasteiger partial charge in [-0.2, -0.15) is 0 Å². The fraction of sp³-hybridized carbons (Fsp3) is 0.917. The Kier molecular flexibility index (Phi) is 6.77. The number of likely N-dealkylation sites (N-methyl/N-ethyl adjacent to an activating group) is 2. The number of hydrogen-bond donors (Lipinski definition) is 1. The molecule has 100 valence electrons.